The highest BCUT2D eigenvalue weighted by Crippen LogP contribution is 2.11. The molecule has 0 aliphatic carbocycles. The Hall–Kier alpha value is -3.12. The number of hydrogen-bond donors (Lipinski definition) is 4. The summed E-state index contributed by atoms with van der Waals surface area (Å²) in [5.41, 5.74) is 0.995. The Morgan fingerprint density at radius 2 is 0.891 bits per heavy atom. The third-order valence-electron chi connectivity index (χ3n) is 7.55. The number of nitrogens with one attached hydrogen (secondary N) is 4. The lowest BCUT2D eigenvalue weighted by atomic mass is 10.1. The van der Waals surface area contributed by atoms with E-state index in [1.165, 1.54) is 25.7 Å². The van der Waals surface area contributed by atoms with Crippen molar-refractivity contribution in [2.45, 2.75) is 89.1 Å². The highest BCUT2D eigenvalue weighted by atomic mass is 32.2. The van der Waals surface area contributed by atoms with Crippen LogP contribution >= 0.6 is 23.5 Å². The van der Waals surface area contributed by atoms with Crippen LogP contribution in [0.2, 0.25) is 0 Å². The van der Waals surface area contributed by atoms with Crippen LogP contribution in [0.1, 0.15) is 97.8 Å². The molecule has 0 spiro atoms. The quantitative estimate of drug-likeness (QED) is 0.108. The van der Waals surface area contributed by atoms with E-state index in [1.807, 2.05) is 12.5 Å². The van der Waals surface area contributed by atoms with Gasteiger partial charge in [0.25, 0.3) is 11.8 Å². The van der Waals surface area contributed by atoms with E-state index in [9.17, 15) is 19.2 Å². The number of hydrogen-bond acceptors (Lipinski definition) is 8. The van der Waals surface area contributed by atoms with E-state index in [4.69, 9.17) is 0 Å². The van der Waals surface area contributed by atoms with Crippen LogP contribution in [0.3, 0.4) is 0 Å². The number of pyridine rings is 2. The van der Waals surface area contributed by atoms with E-state index >= 15 is 0 Å². The van der Waals surface area contributed by atoms with Crippen LogP contribution in [0, 0.1) is 0 Å². The number of carbonyl (C=O) groups excluding carboxylic acids is 4. The predicted octanol–water partition coefficient (Wildman–Crippen LogP) is 5.01. The average Bonchev–Trinajstić information content (AvgIpc) is 3.08. The zero-order valence-corrected chi connectivity index (χ0v) is 29.1. The molecule has 2 heterocycles. The van der Waals surface area contributed by atoms with E-state index < -0.39 is 12.1 Å². The van der Waals surface area contributed by atoms with Crippen molar-refractivity contribution in [3.63, 3.8) is 0 Å². The Morgan fingerprint density at radius 1 is 0.565 bits per heavy atom. The summed E-state index contributed by atoms with van der Waals surface area (Å²) < 4.78 is 0. The van der Waals surface area contributed by atoms with E-state index in [0.29, 0.717) is 37.1 Å². The molecular formula is C34H52N6O4S2. The molecule has 12 heteroatoms. The van der Waals surface area contributed by atoms with Crippen LogP contribution < -0.4 is 21.3 Å². The van der Waals surface area contributed by atoms with Gasteiger partial charge in [-0.2, -0.15) is 23.5 Å². The molecule has 46 heavy (non-hydrogen) atoms. The molecule has 10 nitrogen and oxygen atoms in total. The maximum Gasteiger partial charge on any atom is 0.252 e. The molecule has 0 saturated carbocycles. The first kappa shape index (κ1) is 39.1. The molecule has 0 unspecified atom stereocenters. The zero-order chi connectivity index (χ0) is 33.2. The fraction of sp³-hybridized carbons (Fsp3) is 0.588. The maximum absolute atomic E-state index is 12.7. The first-order valence-corrected chi connectivity index (χ1v) is 19.2. The summed E-state index contributed by atoms with van der Waals surface area (Å²) in [6.07, 6.45) is 22.5. The molecule has 0 radical (unpaired) electrons. The Kier molecular flexibility index (Phi) is 21.3. The maximum atomic E-state index is 12.7. The summed E-state index contributed by atoms with van der Waals surface area (Å²) in [4.78, 5) is 58.3. The molecular weight excluding hydrogens is 621 g/mol. The standard InChI is InChI=1S/C34H52N6O4S2/c1-45-25-17-29(39-31(41)27-13-21-35-22-14-27)33(43)37-19-11-9-7-5-3-4-6-8-10-12-20-38-34(44)30(18-26-46-2)40-32(42)28-15-23-36-24-16-28/h13-16,21-24,29-30H,3-12,17-20,25-26H2,1-2H3,(H,37,43)(H,38,44)(H,39,41)(H,40,42)/t29-,30-/m0/s1. The van der Waals surface area contributed by atoms with Gasteiger partial charge in [0.05, 0.1) is 0 Å². The topological polar surface area (TPSA) is 142 Å². The van der Waals surface area contributed by atoms with Crippen molar-refractivity contribution >= 4 is 47.2 Å². The molecule has 4 N–H and O–H groups in total. The van der Waals surface area contributed by atoms with E-state index in [-0.39, 0.29) is 23.6 Å². The van der Waals surface area contributed by atoms with E-state index in [1.54, 1.807) is 72.6 Å². The molecule has 0 aliphatic rings. The summed E-state index contributed by atoms with van der Waals surface area (Å²) in [6.45, 7) is 1.23. The van der Waals surface area contributed by atoms with Gasteiger partial charge in [-0.15, -0.1) is 0 Å². The van der Waals surface area contributed by atoms with Crippen LogP contribution in [0.15, 0.2) is 49.1 Å². The van der Waals surface area contributed by atoms with E-state index in [2.05, 4.69) is 31.2 Å². The van der Waals surface area contributed by atoms with Crippen molar-refractivity contribution in [3.05, 3.63) is 60.2 Å². The highest BCUT2D eigenvalue weighted by molar-refractivity contribution is 7.98. The van der Waals surface area contributed by atoms with Gasteiger partial charge in [0.1, 0.15) is 12.1 Å². The molecule has 0 aliphatic heterocycles. The molecule has 4 amide bonds. The number of thioether (sulfide) groups is 2. The molecule has 2 aromatic heterocycles. The summed E-state index contributed by atoms with van der Waals surface area (Å²) in [5.74, 6) is 0.813. The Balaban J connectivity index is 1.48. The minimum Gasteiger partial charge on any atom is -0.354 e. The van der Waals surface area contributed by atoms with E-state index in [0.717, 1.165) is 50.0 Å². The fourth-order valence-corrected chi connectivity index (χ4v) is 5.78. The lowest BCUT2D eigenvalue weighted by Crippen LogP contribution is -2.47. The summed E-state index contributed by atoms with van der Waals surface area (Å²) in [5, 5.41) is 11.7. The van der Waals surface area contributed by atoms with Crippen LogP contribution in [-0.4, -0.2) is 82.8 Å². The van der Waals surface area contributed by atoms with Gasteiger partial charge in [-0.3, -0.25) is 29.1 Å². The lowest BCUT2D eigenvalue weighted by molar-refractivity contribution is -0.123. The average molecular weight is 673 g/mol. The molecule has 0 fully saturated rings. The normalized spacial score (nSPS) is 12.1. The smallest absolute Gasteiger partial charge is 0.252 e. The second-order valence-electron chi connectivity index (χ2n) is 11.2. The van der Waals surface area contributed by atoms with Crippen molar-refractivity contribution < 1.29 is 19.2 Å². The molecule has 0 saturated heterocycles. The first-order chi connectivity index (χ1) is 22.5. The number of aromatic nitrogens is 2. The zero-order valence-electron chi connectivity index (χ0n) is 27.4. The molecule has 0 aromatic carbocycles. The third-order valence-corrected chi connectivity index (χ3v) is 8.84. The van der Waals surface area contributed by atoms with Crippen molar-refractivity contribution in [2.75, 3.05) is 37.1 Å². The fourth-order valence-electron chi connectivity index (χ4n) is 4.83. The lowest BCUT2D eigenvalue weighted by Gasteiger charge is -2.18. The van der Waals surface area contributed by atoms with Crippen LogP contribution in [-0.2, 0) is 9.59 Å². The minimum absolute atomic E-state index is 0.126. The molecule has 0 bridgehead atoms. The Labute approximate surface area is 283 Å². The van der Waals surface area contributed by atoms with Gasteiger partial charge in [-0.05, 0) is 74.0 Å². The minimum atomic E-state index is -0.544. The number of nitrogens with zero attached hydrogens (tertiary/aromatic N) is 2. The van der Waals surface area contributed by atoms with Crippen molar-refractivity contribution in [1.82, 2.24) is 31.2 Å². The number of amides is 4. The van der Waals surface area contributed by atoms with Gasteiger partial charge in [0.2, 0.25) is 11.8 Å². The first-order valence-electron chi connectivity index (χ1n) is 16.4. The molecule has 2 atom stereocenters. The van der Waals surface area contributed by atoms with Gasteiger partial charge in [-0.25, -0.2) is 0 Å². The molecule has 2 aromatic rings. The monoisotopic (exact) mass is 672 g/mol. The highest BCUT2D eigenvalue weighted by Gasteiger charge is 2.22. The second kappa shape index (κ2) is 25.0. The van der Waals surface area contributed by atoms with Gasteiger partial charge >= 0.3 is 0 Å². The summed E-state index contributed by atoms with van der Waals surface area (Å²) in [7, 11) is 0. The second-order valence-corrected chi connectivity index (χ2v) is 13.2. The largest absolute Gasteiger partial charge is 0.354 e. The summed E-state index contributed by atoms with van der Waals surface area (Å²) >= 11 is 3.31. The number of unbranched alkanes of at least 4 members (excludes halogenated alkanes) is 9. The third kappa shape index (κ3) is 17.0. The van der Waals surface area contributed by atoms with Crippen molar-refractivity contribution in [1.29, 1.82) is 0 Å². The SMILES string of the molecule is CSCC[C@H](NC(=O)c1ccncc1)C(=O)NCCCCCCCCCCCCNC(=O)[C@H](CCSC)NC(=O)c1ccncc1. The van der Waals surface area contributed by atoms with Crippen LogP contribution in [0.5, 0.6) is 0 Å². The predicted molar refractivity (Wildman–Crippen MR) is 189 cm³/mol. The molecule has 2 rings (SSSR count). The number of carbonyl (C=O) groups is 4. The van der Waals surface area contributed by atoms with Gasteiger partial charge in [-0.1, -0.05) is 51.4 Å². The van der Waals surface area contributed by atoms with Gasteiger partial charge < -0.3 is 21.3 Å². The Morgan fingerprint density at radius 3 is 1.22 bits per heavy atom. The summed E-state index contributed by atoms with van der Waals surface area (Å²) in [6, 6.07) is 5.47. The van der Waals surface area contributed by atoms with Crippen molar-refractivity contribution in [2.24, 2.45) is 0 Å². The number of rotatable bonds is 25. The van der Waals surface area contributed by atoms with Gasteiger partial charge in [0.15, 0.2) is 0 Å². The Bertz CT molecular complexity index is 1050. The van der Waals surface area contributed by atoms with Crippen molar-refractivity contribution in [3.8, 4) is 0 Å². The van der Waals surface area contributed by atoms with Gasteiger partial charge in [0, 0.05) is 49.0 Å². The van der Waals surface area contributed by atoms with Crippen LogP contribution in [0.4, 0.5) is 0 Å². The molecule has 254 valence electrons. The van der Waals surface area contributed by atoms with Crippen LogP contribution in [0.25, 0.3) is 0 Å².